The number of imidazole rings is 1. The number of nitrogens with two attached hydrogens (primary N) is 1. The second kappa shape index (κ2) is 9.24. The van der Waals surface area contributed by atoms with E-state index in [9.17, 15) is 13.2 Å². The van der Waals surface area contributed by atoms with E-state index in [1.807, 2.05) is 0 Å². The van der Waals surface area contributed by atoms with E-state index in [0.717, 1.165) is 23.6 Å². The minimum Gasteiger partial charge on any atom is -0.490 e. The van der Waals surface area contributed by atoms with Gasteiger partial charge in [0.2, 0.25) is 0 Å². The SMILES string of the molecule is NC(CO)COc1cc(Cl)c(-c2nnc(-c3cn4cc(C(F)(F)F)cc(Cl)c4n3)s2)cc1Cl. The van der Waals surface area contributed by atoms with Crippen LogP contribution >= 0.6 is 46.1 Å². The highest BCUT2D eigenvalue weighted by Gasteiger charge is 2.32. The molecule has 0 saturated carbocycles. The molecule has 0 aliphatic rings. The fraction of sp³-hybridized carbons (Fsp3) is 0.211. The predicted octanol–water partition coefficient (Wildman–Crippen LogP) is 5.20. The monoisotopic (exact) mass is 537 g/mol. The van der Waals surface area contributed by atoms with Crippen molar-refractivity contribution in [3.63, 3.8) is 0 Å². The molecule has 0 spiro atoms. The van der Waals surface area contributed by atoms with Gasteiger partial charge in [0.15, 0.2) is 10.7 Å². The number of aromatic nitrogens is 4. The van der Waals surface area contributed by atoms with Crippen LogP contribution in [-0.4, -0.2) is 43.9 Å². The van der Waals surface area contributed by atoms with Crippen LogP contribution in [0.25, 0.3) is 26.9 Å². The van der Waals surface area contributed by atoms with Crippen molar-refractivity contribution >= 4 is 51.8 Å². The normalized spacial score (nSPS) is 13.0. The van der Waals surface area contributed by atoms with E-state index in [1.165, 1.54) is 16.7 Å². The molecule has 0 radical (unpaired) electrons. The maximum atomic E-state index is 13.1. The molecule has 0 bridgehead atoms. The molecule has 0 saturated heterocycles. The standard InChI is InChI=1S/C19H13Cl3F3N5O2S/c20-11-3-15(32-7-9(26)6-31)12(21)2-10(11)17-28-29-18(33-17)14-5-30-4-8(19(23,24)25)1-13(22)16(30)27-14/h1-5,9,31H,6-7,26H2. The molecule has 1 unspecified atom stereocenters. The fourth-order valence-corrected chi connectivity index (χ4v) is 4.41. The molecule has 3 aromatic heterocycles. The van der Waals surface area contributed by atoms with Crippen LogP contribution in [0.5, 0.6) is 5.75 Å². The minimum atomic E-state index is -4.55. The number of benzene rings is 1. The van der Waals surface area contributed by atoms with Gasteiger partial charge in [-0.15, -0.1) is 10.2 Å². The van der Waals surface area contributed by atoms with E-state index in [2.05, 4.69) is 15.2 Å². The minimum absolute atomic E-state index is 0.0430. The van der Waals surface area contributed by atoms with E-state index >= 15 is 0 Å². The molecule has 0 fully saturated rings. The highest BCUT2D eigenvalue weighted by Crippen LogP contribution is 2.40. The van der Waals surface area contributed by atoms with Gasteiger partial charge in [0.25, 0.3) is 0 Å². The number of aliphatic hydroxyl groups is 1. The third-order valence-corrected chi connectivity index (χ3v) is 6.28. The molecule has 174 valence electrons. The van der Waals surface area contributed by atoms with Crippen LogP contribution in [-0.2, 0) is 6.18 Å². The smallest absolute Gasteiger partial charge is 0.417 e. The summed E-state index contributed by atoms with van der Waals surface area (Å²) in [5, 5.41) is 18.3. The summed E-state index contributed by atoms with van der Waals surface area (Å²) in [4.78, 5) is 4.28. The number of hydrogen-bond acceptors (Lipinski definition) is 7. The van der Waals surface area contributed by atoms with Crippen LogP contribution in [0.15, 0.2) is 30.6 Å². The summed E-state index contributed by atoms with van der Waals surface area (Å²) in [7, 11) is 0. The first-order chi connectivity index (χ1) is 15.6. The van der Waals surface area contributed by atoms with Crippen molar-refractivity contribution in [2.24, 2.45) is 5.73 Å². The van der Waals surface area contributed by atoms with Crippen LogP contribution in [0.2, 0.25) is 15.1 Å². The lowest BCUT2D eigenvalue weighted by Gasteiger charge is -2.13. The highest BCUT2D eigenvalue weighted by atomic mass is 35.5. The van der Waals surface area contributed by atoms with Gasteiger partial charge in [0.05, 0.1) is 33.3 Å². The van der Waals surface area contributed by atoms with Gasteiger partial charge in [0, 0.05) is 24.0 Å². The van der Waals surface area contributed by atoms with Crippen molar-refractivity contribution in [3.05, 3.63) is 51.2 Å². The molecule has 4 aromatic rings. The number of fused-ring (bicyclic) bond motifs is 1. The maximum absolute atomic E-state index is 13.1. The first-order valence-electron chi connectivity index (χ1n) is 9.14. The number of aliphatic hydroxyl groups excluding tert-OH is 1. The van der Waals surface area contributed by atoms with E-state index in [-0.39, 0.29) is 39.7 Å². The van der Waals surface area contributed by atoms with Crippen molar-refractivity contribution < 1.29 is 23.0 Å². The third kappa shape index (κ3) is 5.03. The molecule has 0 amide bonds. The zero-order valence-corrected chi connectivity index (χ0v) is 19.4. The Labute approximate surface area is 203 Å². The van der Waals surface area contributed by atoms with Crippen LogP contribution < -0.4 is 10.5 Å². The number of pyridine rings is 1. The Morgan fingerprint density at radius 2 is 1.79 bits per heavy atom. The van der Waals surface area contributed by atoms with Crippen LogP contribution in [0.1, 0.15) is 5.56 Å². The molecule has 3 heterocycles. The number of halogens is 6. The molecular weight excluding hydrogens is 526 g/mol. The maximum Gasteiger partial charge on any atom is 0.417 e. The van der Waals surface area contributed by atoms with E-state index in [4.69, 9.17) is 50.4 Å². The van der Waals surface area contributed by atoms with Crippen molar-refractivity contribution in [2.75, 3.05) is 13.2 Å². The zero-order chi connectivity index (χ0) is 23.9. The Morgan fingerprint density at radius 3 is 2.48 bits per heavy atom. The third-order valence-electron chi connectivity index (χ3n) is 4.42. The number of hydrogen-bond donors (Lipinski definition) is 2. The quantitative estimate of drug-likeness (QED) is 0.350. The van der Waals surface area contributed by atoms with E-state index < -0.39 is 17.8 Å². The molecule has 0 aliphatic carbocycles. The van der Waals surface area contributed by atoms with Crippen LogP contribution in [0, 0.1) is 0 Å². The Morgan fingerprint density at radius 1 is 1.06 bits per heavy atom. The topological polar surface area (TPSA) is 98.6 Å². The van der Waals surface area contributed by atoms with E-state index in [1.54, 1.807) is 6.07 Å². The van der Waals surface area contributed by atoms with Gasteiger partial charge in [-0.3, -0.25) is 0 Å². The largest absolute Gasteiger partial charge is 0.490 e. The summed E-state index contributed by atoms with van der Waals surface area (Å²) in [6.45, 7) is -0.204. The summed E-state index contributed by atoms with van der Waals surface area (Å²) >= 11 is 19.7. The number of rotatable bonds is 6. The molecule has 14 heteroatoms. The molecule has 4 rings (SSSR count). The molecule has 7 nitrogen and oxygen atoms in total. The van der Waals surface area contributed by atoms with Crippen LogP contribution in [0.4, 0.5) is 13.2 Å². The Bertz CT molecular complexity index is 1330. The zero-order valence-electron chi connectivity index (χ0n) is 16.3. The second-order valence-electron chi connectivity index (χ2n) is 6.86. The molecule has 1 aromatic carbocycles. The Balaban J connectivity index is 1.65. The number of alkyl halides is 3. The Hall–Kier alpha value is -2.15. The second-order valence-corrected chi connectivity index (χ2v) is 9.06. The lowest BCUT2D eigenvalue weighted by molar-refractivity contribution is -0.137. The van der Waals surface area contributed by atoms with E-state index in [0.29, 0.717) is 21.3 Å². The van der Waals surface area contributed by atoms with Crippen molar-refractivity contribution in [2.45, 2.75) is 12.2 Å². The molecule has 33 heavy (non-hydrogen) atoms. The van der Waals surface area contributed by atoms with Gasteiger partial charge in [-0.05, 0) is 12.1 Å². The first-order valence-corrected chi connectivity index (χ1v) is 11.1. The van der Waals surface area contributed by atoms with Gasteiger partial charge in [-0.1, -0.05) is 46.1 Å². The average molecular weight is 539 g/mol. The van der Waals surface area contributed by atoms with Gasteiger partial charge >= 0.3 is 6.18 Å². The molecule has 3 N–H and O–H groups in total. The van der Waals surface area contributed by atoms with Crippen LogP contribution in [0.3, 0.4) is 0 Å². The average Bonchev–Trinajstić information content (AvgIpc) is 3.40. The van der Waals surface area contributed by atoms with Crippen molar-refractivity contribution in [1.82, 2.24) is 19.6 Å². The summed E-state index contributed by atoms with van der Waals surface area (Å²) in [6.07, 6.45) is -2.26. The van der Waals surface area contributed by atoms with Crippen molar-refractivity contribution in [3.8, 4) is 27.0 Å². The Kier molecular flexibility index (Phi) is 6.72. The number of ether oxygens (including phenoxy) is 1. The lowest BCUT2D eigenvalue weighted by atomic mass is 10.2. The lowest BCUT2D eigenvalue weighted by Crippen LogP contribution is -2.31. The highest BCUT2D eigenvalue weighted by molar-refractivity contribution is 7.18. The summed E-state index contributed by atoms with van der Waals surface area (Å²) < 4.78 is 45.8. The summed E-state index contributed by atoms with van der Waals surface area (Å²) in [6, 6.07) is 3.28. The fourth-order valence-electron chi connectivity index (χ4n) is 2.80. The molecule has 0 aliphatic heterocycles. The summed E-state index contributed by atoms with van der Waals surface area (Å²) in [5.74, 6) is 0.287. The van der Waals surface area contributed by atoms with Gasteiger partial charge < -0.3 is 20.0 Å². The molecule has 1 atom stereocenters. The van der Waals surface area contributed by atoms with Gasteiger partial charge in [-0.2, -0.15) is 13.2 Å². The molecular formula is C19H13Cl3F3N5O2S. The van der Waals surface area contributed by atoms with Gasteiger partial charge in [-0.25, -0.2) is 4.98 Å². The number of nitrogens with zero attached hydrogens (tertiary/aromatic N) is 4. The first kappa shape index (κ1) is 24.0. The van der Waals surface area contributed by atoms with Crippen molar-refractivity contribution in [1.29, 1.82) is 0 Å². The summed E-state index contributed by atoms with van der Waals surface area (Å²) in [5.41, 5.74) is 5.64. The predicted molar refractivity (Wildman–Crippen MR) is 120 cm³/mol. The van der Waals surface area contributed by atoms with Gasteiger partial charge in [0.1, 0.15) is 23.1 Å².